The first kappa shape index (κ1) is 17.2. The molecule has 1 aromatic carbocycles. The molecule has 1 saturated heterocycles. The Balaban J connectivity index is 1.17. The minimum absolute atomic E-state index is 0.254. The van der Waals surface area contributed by atoms with Crippen LogP contribution in [0.2, 0.25) is 0 Å². The van der Waals surface area contributed by atoms with Crippen LogP contribution in [0.25, 0.3) is 11.3 Å². The Hall–Kier alpha value is -2.87. The van der Waals surface area contributed by atoms with Gasteiger partial charge in [-0.2, -0.15) is 0 Å². The number of hydrogen-bond acceptors (Lipinski definition) is 7. The van der Waals surface area contributed by atoms with Crippen molar-refractivity contribution in [2.45, 2.75) is 25.3 Å². The van der Waals surface area contributed by atoms with Crippen molar-refractivity contribution in [2.75, 3.05) is 31.1 Å². The van der Waals surface area contributed by atoms with E-state index < -0.39 is 0 Å². The largest absolute Gasteiger partial charge is 0.424 e. The number of hydrogen-bond donors (Lipinski definition) is 0. The molecule has 0 radical (unpaired) electrons. The predicted octanol–water partition coefficient (Wildman–Crippen LogP) is 2.87. The molecule has 7 nitrogen and oxygen atoms in total. The van der Waals surface area contributed by atoms with Crippen molar-refractivity contribution in [2.24, 2.45) is 0 Å². The van der Waals surface area contributed by atoms with E-state index in [2.05, 4.69) is 30.2 Å². The van der Waals surface area contributed by atoms with Crippen LogP contribution in [-0.2, 0) is 6.54 Å². The maximum atomic E-state index is 13.1. The van der Waals surface area contributed by atoms with Gasteiger partial charge >= 0.3 is 0 Å². The third kappa shape index (κ3) is 3.73. The van der Waals surface area contributed by atoms with Crippen molar-refractivity contribution >= 4 is 5.82 Å². The highest BCUT2D eigenvalue weighted by molar-refractivity contribution is 5.59. The van der Waals surface area contributed by atoms with E-state index in [1.165, 1.54) is 25.0 Å². The molecule has 2 fully saturated rings. The van der Waals surface area contributed by atoms with Gasteiger partial charge in [0.05, 0.1) is 12.2 Å². The topological polar surface area (TPSA) is 71.2 Å². The van der Waals surface area contributed by atoms with Crippen molar-refractivity contribution in [3.8, 4) is 11.3 Å². The summed E-state index contributed by atoms with van der Waals surface area (Å²) in [5, 5.41) is 17.0. The second-order valence-electron chi connectivity index (χ2n) is 7.36. The molecule has 3 aromatic rings. The van der Waals surface area contributed by atoms with E-state index in [4.69, 9.17) is 4.42 Å². The van der Waals surface area contributed by atoms with Gasteiger partial charge in [-0.3, -0.25) is 4.90 Å². The van der Waals surface area contributed by atoms with Crippen molar-refractivity contribution in [1.82, 2.24) is 25.3 Å². The molecule has 1 saturated carbocycles. The van der Waals surface area contributed by atoms with Gasteiger partial charge in [0.1, 0.15) is 5.82 Å². The maximum Gasteiger partial charge on any atom is 0.230 e. The van der Waals surface area contributed by atoms with Crippen LogP contribution >= 0.6 is 0 Å². The van der Waals surface area contributed by atoms with Crippen LogP contribution in [-0.4, -0.2) is 51.5 Å². The van der Waals surface area contributed by atoms with E-state index >= 15 is 0 Å². The second-order valence-corrected chi connectivity index (χ2v) is 7.36. The lowest BCUT2D eigenvalue weighted by Gasteiger charge is -2.34. The summed E-state index contributed by atoms with van der Waals surface area (Å²) in [6, 6.07) is 10.2. The van der Waals surface area contributed by atoms with E-state index in [0.717, 1.165) is 49.1 Å². The summed E-state index contributed by atoms with van der Waals surface area (Å²) < 4.78 is 18.8. The minimum atomic E-state index is -0.254. The van der Waals surface area contributed by atoms with E-state index in [0.29, 0.717) is 18.4 Å². The van der Waals surface area contributed by atoms with Crippen molar-refractivity contribution in [3.05, 3.63) is 54.0 Å². The van der Waals surface area contributed by atoms with Gasteiger partial charge in [0.25, 0.3) is 0 Å². The Morgan fingerprint density at radius 3 is 2.36 bits per heavy atom. The average molecular weight is 380 g/mol. The normalized spacial score (nSPS) is 17.8. The minimum Gasteiger partial charge on any atom is -0.424 e. The zero-order valence-corrected chi connectivity index (χ0v) is 15.5. The average Bonchev–Trinajstić information content (AvgIpc) is 3.49. The molecule has 0 N–H and O–H groups in total. The van der Waals surface area contributed by atoms with Crippen LogP contribution in [0, 0.1) is 5.82 Å². The number of piperazine rings is 1. The van der Waals surface area contributed by atoms with Gasteiger partial charge in [-0.05, 0) is 49.2 Å². The summed E-state index contributed by atoms with van der Waals surface area (Å²) in [4.78, 5) is 4.54. The molecule has 144 valence electrons. The molecule has 0 unspecified atom stereocenters. The molecule has 3 heterocycles. The fourth-order valence-corrected chi connectivity index (χ4v) is 3.42. The molecule has 28 heavy (non-hydrogen) atoms. The zero-order valence-electron chi connectivity index (χ0n) is 15.5. The number of nitrogens with zero attached hydrogens (tertiary/aromatic N) is 6. The first-order valence-corrected chi connectivity index (χ1v) is 9.64. The Kier molecular flexibility index (Phi) is 4.48. The van der Waals surface area contributed by atoms with E-state index in [9.17, 15) is 4.39 Å². The summed E-state index contributed by atoms with van der Waals surface area (Å²) >= 11 is 0. The lowest BCUT2D eigenvalue weighted by Crippen LogP contribution is -2.46. The van der Waals surface area contributed by atoms with Crippen LogP contribution < -0.4 is 4.90 Å². The SMILES string of the molecule is Fc1ccc(-c2ccc(N3CCN(Cc4nnc(C5CC5)o4)CC3)nn2)cc1. The number of halogens is 1. The molecule has 1 aliphatic carbocycles. The highest BCUT2D eigenvalue weighted by Gasteiger charge is 2.29. The van der Waals surface area contributed by atoms with Crippen LogP contribution in [0.15, 0.2) is 40.8 Å². The Bertz CT molecular complexity index is 930. The second kappa shape index (κ2) is 7.27. The number of aromatic nitrogens is 4. The molecule has 2 aromatic heterocycles. The number of rotatable bonds is 5. The van der Waals surface area contributed by atoms with Gasteiger partial charge in [0, 0.05) is 37.7 Å². The van der Waals surface area contributed by atoms with Gasteiger partial charge in [-0.15, -0.1) is 20.4 Å². The smallest absolute Gasteiger partial charge is 0.230 e. The molecule has 8 heteroatoms. The van der Waals surface area contributed by atoms with Gasteiger partial charge in [-0.1, -0.05) is 0 Å². The third-order valence-electron chi connectivity index (χ3n) is 5.25. The Labute approximate surface area is 162 Å². The van der Waals surface area contributed by atoms with Crippen molar-refractivity contribution in [1.29, 1.82) is 0 Å². The monoisotopic (exact) mass is 380 g/mol. The first-order valence-electron chi connectivity index (χ1n) is 9.64. The van der Waals surface area contributed by atoms with Gasteiger partial charge in [0.2, 0.25) is 11.8 Å². The van der Waals surface area contributed by atoms with E-state index in [-0.39, 0.29) is 5.82 Å². The maximum absolute atomic E-state index is 13.1. The fraction of sp³-hybridized carbons (Fsp3) is 0.400. The molecule has 5 rings (SSSR count). The molecule has 0 amide bonds. The molecule has 1 aliphatic heterocycles. The Morgan fingerprint density at radius 1 is 0.893 bits per heavy atom. The lowest BCUT2D eigenvalue weighted by molar-refractivity contribution is 0.223. The Morgan fingerprint density at radius 2 is 1.68 bits per heavy atom. The van der Waals surface area contributed by atoms with Crippen LogP contribution in [0.5, 0.6) is 0 Å². The molecule has 0 atom stereocenters. The highest BCUT2D eigenvalue weighted by Crippen LogP contribution is 2.39. The predicted molar refractivity (Wildman–Crippen MR) is 101 cm³/mol. The summed E-state index contributed by atoms with van der Waals surface area (Å²) in [6.45, 7) is 4.25. The quantitative estimate of drug-likeness (QED) is 0.674. The summed E-state index contributed by atoms with van der Waals surface area (Å²) in [7, 11) is 0. The molecule has 0 spiro atoms. The summed E-state index contributed by atoms with van der Waals surface area (Å²) in [5.41, 5.74) is 1.60. The van der Waals surface area contributed by atoms with Crippen LogP contribution in [0.4, 0.5) is 10.2 Å². The van der Waals surface area contributed by atoms with Gasteiger partial charge in [0.15, 0.2) is 5.82 Å². The first-order chi connectivity index (χ1) is 13.7. The van der Waals surface area contributed by atoms with Crippen molar-refractivity contribution in [3.63, 3.8) is 0 Å². The lowest BCUT2D eigenvalue weighted by atomic mass is 10.1. The highest BCUT2D eigenvalue weighted by atomic mass is 19.1. The van der Waals surface area contributed by atoms with Crippen molar-refractivity contribution < 1.29 is 8.81 Å². The van der Waals surface area contributed by atoms with Gasteiger partial charge < -0.3 is 9.32 Å². The zero-order chi connectivity index (χ0) is 18.9. The molecule has 2 aliphatic rings. The molecular formula is C20H21FN6O. The number of anilines is 1. The summed E-state index contributed by atoms with van der Waals surface area (Å²) in [5.74, 6) is 2.60. The molecule has 0 bridgehead atoms. The van der Waals surface area contributed by atoms with Crippen LogP contribution in [0.1, 0.15) is 30.5 Å². The van der Waals surface area contributed by atoms with Crippen LogP contribution in [0.3, 0.4) is 0 Å². The third-order valence-corrected chi connectivity index (χ3v) is 5.25. The fourth-order valence-electron chi connectivity index (χ4n) is 3.42. The summed E-state index contributed by atoms with van der Waals surface area (Å²) in [6.07, 6.45) is 2.34. The number of benzene rings is 1. The van der Waals surface area contributed by atoms with E-state index in [1.807, 2.05) is 12.1 Å². The van der Waals surface area contributed by atoms with E-state index in [1.54, 1.807) is 12.1 Å². The standard InChI is InChI=1S/C20H21FN6O/c21-16-5-3-14(4-6-16)17-7-8-18(23-22-17)27-11-9-26(10-12-27)13-19-24-25-20(28-19)15-1-2-15/h3-8,15H,1-2,9-13H2. The van der Waals surface area contributed by atoms with Gasteiger partial charge in [-0.25, -0.2) is 4.39 Å². The molecular weight excluding hydrogens is 359 g/mol.